The van der Waals surface area contributed by atoms with Gasteiger partial charge in [-0.1, -0.05) is 35.9 Å². The van der Waals surface area contributed by atoms with Gasteiger partial charge in [0.2, 0.25) is 0 Å². The lowest BCUT2D eigenvalue weighted by molar-refractivity contribution is -0.117. The number of halogens is 1. The Morgan fingerprint density at radius 3 is 2.42 bits per heavy atom. The lowest BCUT2D eigenvalue weighted by Crippen LogP contribution is -2.36. The summed E-state index contributed by atoms with van der Waals surface area (Å²) in [5.41, 5.74) is 3.43. The number of aliphatic hydroxyl groups is 1. The minimum Gasteiger partial charge on any atom is -0.493 e. The summed E-state index contributed by atoms with van der Waals surface area (Å²) in [4.78, 5) is 27.4. The van der Waals surface area contributed by atoms with Crippen LogP contribution in [-0.2, 0) is 11.2 Å². The third kappa shape index (κ3) is 8.15. The SMILES string of the molecule is CN(C)c1cccc(CCOc2ccc(C(=O)NC(=Cc3ccc(Cl)cc3)C(=O)NCCO)cc2)c1. The highest BCUT2D eigenvalue weighted by atomic mass is 35.5. The molecule has 188 valence electrons. The largest absolute Gasteiger partial charge is 0.493 e. The summed E-state index contributed by atoms with van der Waals surface area (Å²) in [5.74, 6) is -0.306. The van der Waals surface area contributed by atoms with Crippen LogP contribution < -0.4 is 20.3 Å². The topological polar surface area (TPSA) is 90.9 Å². The molecule has 0 spiro atoms. The molecule has 0 aliphatic carbocycles. The third-order valence-electron chi connectivity index (χ3n) is 5.27. The van der Waals surface area contributed by atoms with Crippen molar-refractivity contribution in [3.63, 3.8) is 0 Å². The van der Waals surface area contributed by atoms with Gasteiger partial charge >= 0.3 is 0 Å². The first-order valence-corrected chi connectivity index (χ1v) is 11.9. The van der Waals surface area contributed by atoms with E-state index in [9.17, 15) is 9.59 Å². The van der Waals surface area contributed by atoms with Crippen molar-refractivity contribution in [3.05, 3.63) is 100 Å². The Kier molecular flexibility index (Phi) is 9.92. The molecule has 2 amide bonds. The molecule has 7 nitrogen and oxygen atoms in total. The zero-order chi connectivity index (χ0) is 25.9. The molecule has 0 aliphatic rings. The van der Waals surface area contributed by atoms with Crippen molar-refractivity contribution in [2.45, 2.75) is 6.42 Å². The first kappa shape index (κ1) is 26.8. The lowest BCUT2D eigenvalue weighted by atomic mass is 10.1. The Hall–Kier alpha value is -3.81. The van der Waals surface area contributed by atoms with Gasteiger partial charge in [0.15, 0.2) is 0 Å². The number of anilines is 1. The third-order valence-corrected chi connectivity index (χ3v) is 5.53. The van der Waals surface area contributed by atoms with E-state index in [4.69, 9.17) is 21.4 Å². The molecule has 8 heteroatoms. The number of carbonyl (C=O) groups excluding carboxylic acids is 2. The van der Waals surface area contributed by atoms with Gasteiger partial charge in [0.25, 0.3) is 11.8 Å². The molecule has 0 bridgehead atoms. The molecule has 0 heterocycles. The number of nitrogens with zero attached hydrogens (tertiary/aromatic N) is 1. The fourth-order valence-corrected chi connectivity index (χ4v) is 3.45. The molecule has 0 unspecified atom stereocenters. The van der Waals surface area contributed by atoms with Crippen LogP contribution in [0.4, 0.5) is 5.69 Å². The molecule has 3 rings (SSSR count). The van der Waals surface area contributed by atoms with Gasteiger partial charge in [0.05, 0.1) is 13.2 Å². The van der Waals surface area contributed by atoms with Gasteiger partial charge in [-0.25, -0.2) is 0 Å². The van der Waals surface area contributed by atoms with Crippen LogP contribution in [0.3, 0.4) is 0 Å². The van der Waals surface area contributed by atoms with Crippen molar-refractivity contribution in [2.75, 3.05) is 38.8 Å². The molecule has 0 aromatic heterocycles. The summed E-state index contributed by atoms with van der Waals surface area (Å²) in [5, 5.41) is 14.8. The van der Waals surface area contributed by atoms with Gasteiger partial charge in [-0.2, -0.15) is 0 Å². The predicted molar refractivity (Wildman–Crippen MR) is 143 cm³/mol. The highest BCUT2D eigenvalue weighted by Gasteiger charge is 2.14. The van der Waals surface area contributed by atoms with E-state index in [1.165, 1.54) is 5.56 Å². The smallest absolute Gasteiger partial charge is 0.267 e. The molecule has 3 N–H and O–H groups in total. The van der Waals surface area contributed by atoms with E-state index in [0.717, 1.165) is 12.1 Å². The van der Waals surface area contributed by atoms with Gasteiger partial charge in [-0.15, -0.1) is 0 Å². The van der Waals surface area contributed by atoms with Crippen molar-refractivity contribution in [3.8, 4) is 5.75 Å². The van der Waals surface area contributed by atoms with Crippen LogP contribution in [0, 0.1) is 0 Å². The maximum atomic E-state index is 12.8. The van der Waals surface area contributed by atoms with E-state index in [1.54, 1.807) is 54.6 Å². The molecule has 0 aliphatic heterocycles. The van der Waals surface area contributed by atoms with Crippen LogP contribution in [0.2, 0.25) is 5.02 Å². The lowest BCUT2D eigenvalue weighted by Gasteiger charge is -2.14. The maximum Gasteiger partial charge on any atom is 0.267 e. The van der Waals surface area contributed by atoms with Gasteiger partial charge in [0, 0.05) is 43.3 Å². The van der Waals surface area contributed by atoms with Crippen LogP contribution >= 0.6 is 11.6 Å². The summed E-state index contributed by atoms with van der Waals surface area (Å²) >= 11 is 5.93. The van der Waals surface area contributed by atoms with E-state index < -0.39 is 11.8 Å². The predicted octanol–water partition coefficient (Wildman–Crippen LogP) is 3.91. The number of aliphatic hydroxyl groups excluding tert-OH is 1. The Morgan fingerprint density at radius 2 is 1.75 bits per heavy atom. The first-order valence-electron chi connectivity index (χ1n) is 11.5. The highest BCUT2D eigenvalue weighted by molar-refractivity contribution is 6.30. The number of hydrogen-bond donors (Lipinski definition) is 3. The molecule has 0 fully saturated rings. The zero-order valence-corrected chi connectivity index (χ0v) is 21.1. The van der Waals surface area contributed by atoms with Gasteiger partial charge in [-0.05, 0) is 65.7 Å². The monoisotopic (exact) mass is 507 g/mol. The number of benzene rings is 3. The standard InChI is InChI=1S/C28H30ClN3O4/c1-32(2)24-5-3-4-20(18-24)14-17-36-25-12-8-22(9-13-25)27(34)31-26(28(35)30-15-16-33)19-21-6-10-23(29)11-7-21/h3-13,18-19,33H,14-17H2,1-2H3,(H,30,35)(H,31,34). The molecule has 0 saturated carbocycles. The molecule has 3 aromatic carbocycles. The Bertz CT molecular complexity index is 1190. The van der Waals surface area contributed by atoms with Crippen molar-refractivity contribution in [1.29, 1.82) is 0 Å². The normalized spacial score (nSPS) is 11.1. The van der Waals surface area contributed by atoms with Crippen molar-refractivity contribution < 1.29 is 19.4 Å². The Labute approximate surface area is 216 Å². The Morgan fingerprint density at radius 1 is 1.03 bits per heavy atom. The fourth-order valence-electron chi connectivity index (χ4n) is 3.32. The number of rotatable bonds is 11. The molecular formula is C28H30ClN3O4. The summed E-state index contributed by atoms with van der Waals surface area (Å²) in [7, 11) is 4.01. The molecule has 3 aromatic rings. The van der Waals surface area contributed by atoms with Crippen LogP contribution in [0.15, 0.2) is 78.5 Å². The quantitative estimate of drug-likeness (QED) is 0.342. The number of carbonyl (C=O) groups is 2. The highest BCUT2D eigenvalue weighted by Crippen LogP contribution is 2.17. The molecule has 0 radical (unpaired) electrons. The number of nitrogens with one attached hydrogen (secondary N) is 2. The van der Waals surface area contributed by atoms with Crippen LogP contribution in [0.25, 0.3) is 6.08 Å². The fraction of sp³-hybridized carbons (Fsp3) is 0.214. The maximum absolute atomic E-state index is 12.8. The van der Waals surface area contributed by atoms with E-state index in [-0.39, 0.29) is 18.8 Å². The average molecular weight is 508 g/mol. The van der Waals surface area contributed by atoms with Crippen molar-refractivity contribution in [1.82, 2.24) is 10.6 Å². The van der Waals surface area contributed by atoms with Gasteiger partial charge in [-0.3, -0.25) is 9.59 Å². The molecule has 36 heavy (non-hydrogen) atoms. The van der Waals surface area contributed by atoms with Gasteiger partial charge in [0.1, 0.15) is 11.4 Å². The van der Waals surface area contributed by atoms with Gasteiger partial charge < -0.3 is 25.4 Å². The summed E-state index contributed by atoms with van der Waals surface area (Å²) in [6, 6.07) is 21.8. The summed E-state index contributed by atoms with van der Waals surface area (Å²) < 4.78 is 5.84. The summed E-state index contributed by atoms with van der Waals surface area (Å²) in [6.45, 7) is 0.357. The van der Waals surface area contributed by atoms with Crippen LogP contribution in [-0.4, -0.2) is 50.8 Å². The Balaban J connectivity index is 1.62. The zero-order valence-electron chi connectivity index (χ0n) is 20.3. The van der Waals surface area contributed by atoms with E-state index in [2.05, 4.69) is 33.7 Å². The minimum atomic E-state index is -0.509. The average Bonchev–Trinajstić information content (AvgIpc) is 2.88. The van der Waals surface area contributed by atoms with E-state index >= 15 is 0 Å². The van der Waals surface area contributed by atoms with E-state index in [0.29, 0.717) is 28.5 Å². The van der Waals surface area contributed by atoms with E-state index in [1.807, 2.05) is 20.2 Å². The number of amides is 2. The van der Waals surface area contributed by atoms with Crippen molar-refractivity contribution in [2.24, 2.45) is 0 Å². The second-order valence-electron chi connectivity index (χ2n) is 8.23. The molecule has 0 saturated heterocycles. The minimum absolute atomic E-state index is 0.0519. The molecular weight excluding hydrogens is 478 g/mol. The molecule has 0 atom stereocenters. The van der Waals surface area contributed by atoms with Crippen LogP contribution in [0.5, 0.6) is 5.75 Å². The number of ether oxygens (including phenoxy) is 1. The first-order chi connectivity index (χ1) is 17.4. The number of hydrogen-bond acceptors (Lipinski definition) is 5. The summed E-state index contributed by atoms with van der Waals surface area (Å²) in [6.07, 6.45) is 2.30. The second-order valence-corrected chi connectivity index (χ2v) is 8.67. The van der Waals surface area contributed by atoms with Crippen LogP contribution in [0.1, 0.15) is 21.5 Å². The van der Waals surface area contributed by atoms with Crippen molar-refractivity contribution >= 4 is 35.2 Å². The second kappa shape index (κ2) is 13.3.